The lowest BCUT2D eigenvalue weighted by Gasteiger charge is -2.31. The first-order chi connectivity index (χ1) is 9.26. The standard InChI is InChI=1S/C12H14N6O/c1-17-2-4-18(5-3-17)12-15-11(19-16-12)10-6-9(7-13)8-14-10/h6,8,14H,2-5H2,1H3. The Bertz CT molecular complexity index is 602. The number of piperazine rings is 1. The second-order valence-electron chi connectivity index (χ2n) is 4.60. The van der Waals surface area contributed by atoms with Crippen molar-refractivity contribution in [2.75, 3.05) is 38.1 Å². The van der Waals surface area contributed by atoms with Crippen LogP contribution in [0.1, 0.15) is 5.56 Å². The molecule has 98 valence electrons. The van der Waals surface area contributed by atoms with Gasteiger partial charge in [-0.25, -0.2) is 0 Å². The zero-order chi connectivity index (χ0) is 13.2. The van der Waals surface area contributed by atoms with E-state index in [1.54, 1.807) is 12.3 Å². The van der Waals surface area contributed by atoms with E-state index in [4.69, 9.17) is 9.78 Å². The van der Waals surface area contributed by atoms with Crippen LogP contribution in [0, 0.1) is 11.3 Å². The average molecular weight is 258 g/mol. The second kappa shape index (κ2) is 4.74. The van der Waals surface area contributed by atoms with E-state index in [0.717, 1.165) is 26.2 Å². The maximum atomic E-state index is 8.78. The summed E-state index contributed by atoms with van der Waals surface area (Å²) in [6.45, 7) is 3.77. The molecule has 0 atom stereocenters. The Labute approximate surface area is 110 Å². The number of aromatic amines is 1. The SMILES string of the molecule is CN1CCN(c2noc(-c3cc(C#N)c[nH]3)n2)CC1. The quantitative estimate of drug-likeness (QED) is 0.853. The molecule has 0 unspecified atom stereocenters. The van der Waals surface area contributed by atoms with Crippen molar-refractivity contribution < 1.29 is 4.52 Å². The molecule has 19 heavy (non-hydrogen) atoms. The first-order valence-electron chi connectivity index (χ1n) is 6.12. The summed E-state index contributed by atoms with van der Waals surface area (Å²) >= 11 is 0. The molecular formula is C12H14N6O. The van der Waals surface area contributed by atoms with Crippen molar-refractivity contribution in [2.24, 2.45) is 0 Å². The fraction of sp³-hybridized carbons (Fsp3) is 0.417. The minimum Gasteiger partial charge on any atom is -0.356 e. The molecule has 2 aromatic rings. The largest absolute Gasteiger partial charge is 0.356 e. The van der Waals surface area contributed by atoms with Crippen LogP contribution in [0.15, 0.2) is 16.8 Å². The van der Waals surface area contributed by atoms with Gasteiger partial charge in [0.05, 0.1) is 5.56 Å². The molecule has 1 aliphatic heterocycles. The van der Waals surface area contributed by atoms with Crippen LogP contribution in [-0.4, -0.2) is 53.3 Å². The van der Waals surface area contributed by atoms with Gasteiger partial charge in [-0.3, -0.25) is 0 Å². The lowest BCUT2D eigenvalue weighted by Crippen LogP contribution is -2.44. The minimum absolute atomic E-state index is 0.412. The summed E-state index contributed by atoms with van der Waals surface area (Å²) in [5.74, 6) is 1.02. The van der Waals surface area contributed by atoms with Crippen LogP contribution >= 0.6 is 0 Å². The van der Waals surface area contributed by atoms with Gasteiger partial charge in [0.25, 0.3) is 11.8 Å². The zero-order valence-electron chi connectivity index (χ0n) is 10.6. The Balaban J connectivity index is 1.78. The maximum absolute atomic E-state index is 8.78. The van der Waals surface area contributed by atoms with E-state index in [1.165, 1.54) is 0 Å². The molecular weight excluding hydrogens is 244 g/mol. The van der Waals surface area contributed by atoms with Crippen molar-refractivity contribution in [1.29, 1.82) is 5.26 Å². The molecule has 1 aliphatic rings. The van der Waals surface area contributed by atoms with Crippen molar-refractivity contribution in [3.05, 3.63) is 17.8 Å². The predicted molar refractivity (Wildman–Crippen MR) is 68.5 cm³/mol. The van der Waals surface area contributed by atoms with Crippen LogP contribution in [0.3, 0.4) is 0 Å². The molecule has 2 aromatic heterocycles. The number of H-pyrrole nitrogens is 1. The Morgan fingerprint density at radius 1 is 1.37 bits per heavy atom. The summed E-state index contributed by atoms with van der Waals surface area (Å²) in [4.78, 5) is 11.7. The molecule has 0 bridgehead atoms. The third-order valence-electron chi connectivity index (χ3n) is 3.24. The summed E-state index contributed by atoms with van der Waals surface area (Å²) in [5.41, 5.74) is 1.22. The molecule has 7 heteroatoms. The Morgan fingerprint density at radius 3 is 2.84 bits per heavy atom. The van der Waals surface area contributed by atoms with Crippen molar-refractivity contribution >= 4 is 5.95 Å². The molecule has 1 fully saturated rings. The molecule has 7 nitrogen and oxygen atoms in total. The van der Waals surface area contributed by atoms with Gasteiger partial charge in [0, 0.05) is 32.4 Å². The number of anilines is 1. The summed E-state index contributed by atoms with van der Waals surface area (Å²) in [6.07, 6.45) is 1.62. The zero-order valence-corrected chi connectivity index (χ0v) is 10.6. The highest BCUT2D eigenvalue weighted by molar-refractivity contribution is 5.53. The van der Waals surface area contributed by atoms with E-state index in [0.29, 0.717) is 23.1 Å². The third kappa shape index (κ3) is 2.30. The van der Waals surface area contributed by atoms with Crippen LogP contribution in [-0.2, 0) is 0 Å². The minimum atomic E-state index is 0.412. The highest BCUT2D eigenvalue weighted by Crippen LogP contribution is 2.20. The average Bonchev–Trinajstić information content (AvgIpc) is 3.08. The summed E-state index contributed by atoms with van der Waals surface area (Å²) in [7, 11) is 2.10. The molecule has 0 spiro atoms. The summed E-state index contributed by atoms with van der Waals surface area (Å²) in [6, 6.07) is 3.75. The molecule has 1 N–H and O–H groups in total. The molecule has 0 aromatic carbocycles. The molecule has 0 radical (unpaired) electrons. The number of nitrogens with one attached hydrogen (secondary N) is 1. The topological polar surface area (TPSA) is 85.0 Å². The van der Waals surface area contributed by atoms with Gasteiger partial charge in [0.1, 0.15) is 11.8 Å². The smallest absolute Gasteiger partial charge is 0.275 e. The highest BCUT2D eigenvalue weighted by atomic mass is 16.5. The van der Waals surface area contributed by atoms with Gasteiger partial charge in [-0.1, -0.05) is 0 Å². The number of hydrogen-bond acceptors (Lipinski definition) is 6. The molecule has 0 saturated carbocycles. The van der Waals surface area contributed by atoms with Gasteiger partial charge < -0.3 is 19.3 Å². The van der Waals surface area contributed by atoms with Gasteiger partial charge in [0.15, 0.2) is 0 Å². The predicted octanol–water partition coefficient (Wildman–Crippen LogP) is 0.688. The highest BCUT2D eigenvalue weighted by Gasteiger charge is 2.20. The van der Waals surface area contributed by atoms with Crippen molar-refractivity contribution in [2.45, 2.75) is 0 Å². The number of rotatable bonds is 2. The number of hydrogen-bond donors (Lipinski definition) is 1. The first-order valence-corrected chi connectivity index (χ1v) is 6.12. The van der Waals surface area contributed by atoms with E-state index in [2.05, 4.69) is 38.0 Å². The van der Waals surface area contributed by atoms with Gasteiger partial charge in [-0.05, 0) is 18.3 Å². The number of nitrogens with zero attached hydrogens (tertiary/aromatic N) is 5. The summed E-state index contributed by atoms with van der Waals surface area (Å²) in [5, 5.41) is 12.8. The Kier molecular flexibility index (Phi) is 2.93. The van der Waals surface area contributed by atoms with Crippen molar-refractivity contribution in [1.82, 2.24) is 20.0 Å². The molecule has 1 saturated heterocycles. The van der Waals surface area contributed by atoms with E-state index in [-0.39, 0.29) is 0 Å². The lowest BCUT2D eigenvalue weighted by atomic mass is 10.3. The van der Waals surface area contributed by atoms with E-state index in [1.807, 2.05) is 0 Å². The number of aromatic nitrogens is 3. The third-order valence-corrected chi connectivity index (χ3v) is 3.24. The van der Waals surface area contributed by atoms with Crippen LogP contribution < -0.4 is 4.90 Å². The van der Waals surface area contributed by atoms with Gasteiger partial charge in [-0.2, -0.15) is 10.2 Å². The van der Waals surface area contributed by atoms with Crippen LogP contribution in [0.5, 0.6) is 0 Å². The normalized spacial score (nSPS) is 16.5. The Hall–Kier alpha value is -2.33. The monoisotopic (exact) mass is 258 g/mol. The van der Waals surface area contributed by atoms with E-state index in [9.17, 15) is 0 Å². The van der Waals surface area contributed by atoms with Crippen molar-refractivity contribution in [3.8, 4) is 17.7 Å². The van der Waals surface area contributed by atoms with Gasteiger partial charge in [-0.15, -0.1) is 0 Å². The van der Waals surface area contributed by atoms with Crippen LogP contribution in [0.4, 0.5) is 5.95 Å². The van der Waals surface area contributed by atoms with Gasteiger partial charge in [0.2, 0.25) is 0 Å². The fourth-order valence-electron chi connectivity index (χ4n) is 2.04. The number of nitriles is 1. The summed E-state index contributed by atoms with van der Waals surface area (Å²) < 4.78 is 5.23. The van der Waals surface area contributed by atoms with E-state index >= 15 is 0 Å². The fourth-order valence-corrected chi connectivity index (χ4v) is 2.04. The lowest BCUT2D eigenvalue weighted by molar-refractivity contribution is 0.309. The Morgan fingerprint density at radius 2 is 2.16 bits per heavy atom. The second-order valence-corrected chi connectivity index (χ2v) is 4.60. The molecule has 3 rings (SSSR count). The molecule has 3 heterocycles. The van der Waals surface area contributed by atoms with Crippen molar-refractivity contribution in [3.63, 3.8) is 0 Å². The number of likely N-dealkylation sites (N-methyl/N-ethyl adjacent to an activating group) is 1. The maximum Gasteiger partial charge on any atom is 0.275 e. The molecule has 0 aliphatic carbocycles. The van der Waals surface area contributed by atoms with Crippen LogP contribution in [0.25, 0.3) is 11.6 Å². The van der Waals surface area contributed by atoms with E-state index < -0.39 is 0 Å². The first kappa shape index (κ1) is 11.7. The van der Waals surface area contributed by atoms with Gasteiger partial charge >= 0.3 is 0 Å². The van der Waals surface area contributed by atoms with Crippen LogP contribution in [0.2, 0.25) is 0 Å². The molecule has 0 amide bonds.